The fourth-order valence-electron chi connectivity index (χ4n) is 1.57. The second-order valence-electron chi connectivity index (χ2n) is 3.62. The largest absolute Gasteiger partial charge is 0.394 e. The number of aliphatic hydroxyl groups is 1. The van der Waals surface area contributed by atoms with Crippen LogP contribution >= 0.6 is 0 Å². The van der Waals surface area contributed by atoms with E-state index >= 15 is 0 Å². The molecule has 2 N–H and O–H groups in total. The van der Waals surface area contributed by atoms with E-state index in [0.717, 1.165) is 18.8 Å². The first-order chi connectivity index (χ1) is 6.86. The summed E-state index contributed by atoms with van der Waals surface area (Å²) in [6.07, 6.45) is 4.62. The predicted molar refractivity (Wildman–Crippen MR) is 56.7 cm³/mol. The standard InChI is InChI=1S/C10H20N2O2/c1-14-8-9(7-13)12-10-5-3-2-4-6-11-10/h9,13H,2-8H2,1H3,(H,11,12). The van der Waals surface area contributed by atoms with Gasteiger partial charge in [-0.15, -0.1) is 0 Å². The van der Waals surface area contributed by atoms with Crippen LogP contribution in [-0.2, 0) is 4.74 Å². The molecule has 0 aliphatic carbocycles. The number of amidine groups is 1. The Morgan fingerprint density at radius 3 is 3.07 bits per heavy atom. The van der Waals surface area contributed by atoms with E-state index in [2.05, 4.69) is 10.3 Å². The lowest BCUT2D eigenvalue weighted by molar-refractivity contribution is 0.137. The maximum Gasteiger partial charge on any atom is 0.0966 e. The highest BCUT2D eigenvalue weighted by molar-refractivity contribution is 5.82. The lowest BCUT2D eigenvalue weighted by Gasteiger charge is -2.17. The number of hydrogen-bond acceptors (Lipinski definition) is 4. The zero-order chi connectivity index (χ0) is 10.2. The van der Waals surface area contributed by atoms with Crippen LogP contribution < -0.4 is 5.32 Å². The van der Waals surface area contributed by atoms with E-state index in [4.69, 9.17) is 9.84 Å². The van der Waals surface area contributed by atoms with Crippen LogP contribution in [0, 0.1) is 0 Å². The molecule has 1 atom stereocenters. The molecule has 1 unspecified atom stereocenters. The van der Waals surface area contributed by atoms with E-state index in [1.54, 1.807) is 7.11 Å². The third-order valence-corrected chi connectivity index (χ3v) is 2.33. The normalized spacial score (nSPS) is 19.7. The van der Waals surface area contributed by atoms with Crippen molar-refractivity contribution in [3.63, 3.8) is 0 Å². The smallest absolute Gasteiger partial charge is 0.0966 e. The minimum Gasteiger partial charge on any atom is -0.394 e. The van der Waals surface area contributed by atoms with E-state index < -0.39 is 0 Å². The third-order valence-electron chi connectivity index (χ3n) is 2.33. The van der Waals surface area contributed by atoms with Crippen LogP contribution in [0.2, 0.25) is 0 Å². The molecular formula is C10H20N2O2. The Bertz CT molecular complexity index is 183. The summed E-state index contributed by atoms with van der Waals surface area (Å²) >= 11 is 0. The van der Waals surface area contributed by atoms with Crippen molar-refractivity contribution in [2.24, 2.45) is 4.99 Å². The number of nitrogens with zero attached hydrogens (tertiary/aromatic N) is 1. The molecule has 0 aromatic heterocycles. The van der Waals surface area contributed by atoms with E-state index in [0.29, 0.717) is 6.61 Å². The third kappa shape index (κ3) is 4.07. The summed E-state index contributed by atoms with van der Waals surface area (Å²) < 4.78 is 4.99. The van der Waals surface area contributed by atoms with E-state index in [-0.39, 0.29) is 12.6 Å². The van der Waals surface area contributed by atoms with Crippen molar-refractivity contribution < 1.29 is 9.84 Å². The predicted octanol–water partition coefficient (Wildman–Crippen LogP) is 0.556. The first-order valence-electron chi connectivity index (χ1n) is 5.26. The second kappa shape index (κ2) is 6.79. The summed E-state index contributed by atoms with van der Waals surface area (Å²) in [5, 5.41) is 12.3. The molecule has 14 heavy (non-hydrogen) atoms. The number of aliphatic imine (C=N–C) groups is 1. The zero-order valence-electron chi connectivity index (χ0n) is 8.83. The Labute approximate surface area is 85.4 Å². The molecule has 1 rings (SSSR count). The molecule has 0 bridgehead atoms. The zero-order valence-corrected chi connectivity index (χ0v) is 8.83. The van der Waals surface area contributed by atoms with Crippen LogP contribution in [0.25, 0.3) is 0 Å². The van der Waals surface area contributed by atoms with Gasteiger partial charge in [0.15, 0.2) is 0 Å². The molecule has 0 saturated carbocycles. The number of ether oxygens (including phenoxy) is 1. The van der Waals surface area contributed by atoms with Crippen LogP contribution in [0.3, 0.4) is 0 Å². The molecule has 4 nitrogen and oxygen atoms in total. The van der Waals surface area contributed by atoms with Gasteiger partial charge in [0.2, 0.25) is 0 Å². The molecule has 1 aliphatic rings. The minimum absolute atomic E-state index is 0.0168. The highest BCUT2D eigenvalue weighted by Crippen LogP contribution is 2.06. The van der Waals surface area contributed by atoms with Gasteiger partial charge in [-0.2, -0.15) is 0 Å². The average molecular weight is 200 g/mol. The summed E-state index contributed by atoms with van der Waals surface area (Å²) in [4.78, 5) is 4.43. The summed E-state index contributed by atoms with van der Waals surface area (Å²) in [5.41, 5.74) is 0. The van der Waals surface area contributed by atoms with Crippen LogP contribution in [0.1, 0.15) is 25.7 Å². The molecule has 0 fully saturated rings. The molecule has 0 aromatic carbocycles. The topological polar surface area (TPSA) is 53.9 Å². The molecule has 4 heteroatoms. The molecule has 0 amide bonds. The highest BCUT2D eigenvalue weighted by atomic mass is 16.5. The molecule has 82 valence electrons. The first-order valence-corrected chi connectivity index (χ1v) is 5.26. The van der Waals surface area contributed by atoms with Crippen LogP contribution in [0.4, 0.5) is 0 Å². The lowest BCUT2D eigenvalue weighted by Crippen LogP contribution is -2.40. The molecule has 1 aliphatic heterocycles. The monoisotopic (exact) mass is 200 g/mol. The van der Waals surface area contributed by atoms with Crippen LogP contribution in [0.15, 0.2) is 4.99 Å². The van der Waals surface area contributed by atoms with E-state index in [1.807, 2.05) is 0 Å². The molecule has 1 heterocycles. The van der Waals surface area contributed by atoms with Crippen LogP contribution in [-0.4, -0.2) is 43.9 Å². The van der Waals surface area contributed by atoms with Gasteiger partial charge >= 0.3 is 0 Å². The van der Waals surface area contributed by atoms with Gasteiger partial charge in [0.1, 0.15) is 0 Å². The first kappa shape index (κ1) is 11.5. The lowest BCUT2D eigenvalue weighted by atomic mass is 10.2. The van der Waals surface area contributed by atoms with E-state index in [9.17, 15) is 0 Å². The average Bonchev–Trinajstić information content (AvgIpc) is 2.45. The Kier molecular flexibility index (Phi) is 5.56. The van der Waals surface area contributed by atoms with Gasteiger partial charge < -0.3 is 15.2 Å². The minimum atomic E-state index is -0.0168. The van der Waals surface area contributed by atoms with Crippen molar-refractivity contribution in [3.8, 4) is 0 Å². The Morgan fingerprint density at radius 2 is 2.36 bits per heavy atom. The SMILES string of the molecule is COCC(CO)NC1=NCCCCC1. The fourth-order valence-corrected chi connectivity index (χ4v) is 1.57. The van der Waals surface area contributed by atoms with Gasteiger partial charge in [0, 0.05) is 20.1 Å². The van der Waals surface area contributed by atoms with Crippen molar-refractivity contribution in [1.29, 1.82) is 0 Å². The van der Waals surface area contributed by atoms with Gasteiger partial charge in [0.25, 0.3) is 0 Å². The Hall–Kier alpha value is -0.610. The summed E-state index contributed by atoms with van der Waals surface area (Å²) in [7, 11) is 1.64. The summed E-state index contributed by atoms with van der Waals surface area (Å²) in [6.45, 7) is 1.52. The van der Waals surface area contributed by atoms with Gasteiger partial charge in [-0.25, -0.2) is 0 Å². The van der Waals surface area contributed by atoms with Gasteiger partial charge in [-0.05, 0) is 12.8 Å². The maximum atomic E-state index is 9.06. The maximum absolute atomic E-state index is 9.06. The molecule has 0 saturated heterocycles. The van der Waals surface area contributed by atoms with Crippen molar-refractivity contribution in [1.82, 2.24) is 5.32 Å². The number of hydrogen-bond donors (Lipinski definition) is 2. The quantitative estimate of drug-likeness (QED) is 0.697. The number of aliphatic hydroxyl groups excluding tert-OH is 1. The molecule has 0 radical (unpaired) electrons. The van der Waals surface area contributed by atoms with Crippen molar-refractivity contribution >= 4 is 5.84 Å². The van der Waals surface area contributed by atoms with Crippen molar-refractivity contribution in [2.75, 3.05) is 26.9 Å². The van der Waals surface area contributed by atoms with Gasteiger partial charge in [-0.1, -0.05) is 6.42 Å². The van der Waals surface area contributed by atoms with Gasteiger partial charge in [-0.3, -0.25) is 4.99 Å². The van der Waals surface area contributed by atoms with Crippen molar-refractivity contribution in [2.45, 2.75) is 31.7 Å². The Morgan fingerprint density at radius 1 is 1.50 bits per heavy atom. The number of nitrogens with one attached hydrogen (secondary N) is 1. The van der Waals surface area contributed by atoms with E-state index in [1.165, 1.54) is 19.3 Å². The molecular weight excluding hydrogens is 180 g/mol. The fraction of sp³-hybridized carbons (Fsp3) is 0.900. The number of methoxy groups -OCH3 is 1. The summed E-state index contributed by atoms with van der Waals surface area (Å²) in [5.74, 6) is 1.03. The number of rotatable bonds is 4. The molecule has 0 spiro atoms. The summed E-state index contributed by atoms with van der Waals surface area (Å²) in [6, 6.07) is -0.0168. The Balaban J connectivity index is 2.35. The van der Waals surface area contributed by atoms with Crippen LogP contribution in [0.5, 0.6) is 0 Å². The van der Waals surface area contributed by atoms with Gasteiger partial charge in [0.05, 0.1) is 25.1 Å². The molecule has 0 aromatic rings. The highest BCUT2D eigenvalue weighted by Gasteiger charge is 2.10. The van der Waals surface area contributed by atoms with Crippen molar-refractivity contribution in [3.05, 3.63) is 0 Å². The second-order valence-corrected chi connectivity index (χ2v) is 3.62.